The van der Waals surface area contributed by atoms with Crippen molar-refractivity contribution in [1.82, 2.24) is 10.6 Å². The van der Waals surface area contributed by atoms with Crippen LogP contribution in [0.25, 0.3) is 6.08 Å². The van der Waals surface area contributed by atoms with Crippen LogP contribution in [0.5, 0.6) is 0 Å². The van der Waals surface area contributed by atoms with Crippen LogP contribution in [-0.4, -0.2) is 96.7 Å². The van der Waals surface area contributed by atoms with Crippen LogP contribution in [0.2, 0.25) is 0 Å². The summed E-state index contributed by atoms with van der Waals surface area (Å²) in [5.74, 6) is -1.90. The van der Waals surface area contributed by atoms with E-state index in [9.17, 15) is 19.5 Å². The maximum atomic E-state index is 13.0. The van der Waals surface area contributed by atoms with Gasteiger partial charge < -0.3 is 44.9 Å². The number of hydrogen-bond donors (Lipinski definition) is 5. The first-order chi connectivity index (χ1) is 17.8. The van der Waals surface area contributed by atoms with E-state index >= 15 is 0 Å². The number of fused-ring (bicyclic) bond motifs is 1. The molecule has 1 aromatic carbocycles. The third kappa shape index (κ3) is 7.84. The van der Waals surface area contributed by atoms with Crippen LogP contribution < -0.4 is 10.6 Å². The van der Waals surface area contributed by atoms with Gasteiger partial charge in [0.15, 0.2) is 0 Å². The number of ether oxygens (including phenoxy) is 4. The molecule has 1 aliphatic carbocycles. The van der Waals surface area contributed by atoms with E-state index < -0.39 is 48.2 Å². The molecule has 1 saturated heterocycles. The predicted molar refractivity (Wildman–Crippen MR) is 129 cm³/mol. The van der Waals surface area contributed by atoms with Gasteiger partial charge in [0.2, 0.25) is 11.8 Å². The zero-order chi connectivity index (χ0) is 26.8. The molecule has 37 heavy (non-hydrogen) atoms. The zero-order valence-corrected chi connectivity index (χ0v) is 20.4. The molecule has 5 atom stereocenters. The minimum absolute atomic E-state index is 0.00147. The monoisotopic (exact) mass is 520 g/mol. The van der Waals surface area contributed by atoms with Crippen molar-refractivity contribution < 1.29 is 48.7 Å². The van der Waals surface area contributed by atoms with Gasteiger partial charge in [-0.3, -0.25) is 9.59 Å². The van der Waals surface area contributed by atoms with E-state index in [1.54, 1.807) is 36.4 Å². The Hall–Kier alpha value is -3.29. The minimum atomic E-state index is -1.25. The average Bonchev–Trinajstić information content (AvgIpc) is 3.37. The third-order valence-corrected chi connectivity index (χ3v) is 5.70. The summed E-state index contributed by atoms with van der Waals surface area (Å²) in [6, 6.07) is 5.38. The summed E-state index contributed by atoms with van der Waals surface area (Å²) in [5.41, 5.74) is 1.16. The first-order valence-electron chi connectivity index (χ1n) is 11.9. The number of aliphatic hydroxyl groups excluding tert-OH is 3. The Labute approximate surface area is 213 Å². The second-order valence-corrected chi connectivity index (χ2v) is 8.45. The lowest BCUT2D eigenvalue weighted by molar-refractivity contribution is -0.130. The highest BCUT2D eigenvalue weighted by Crippen LogP contribution is 2.31. The molecule has 3 rings (SSSR count). The third-order valence-electron chi connectivity index (χ3n) is 5.70. The zero-order valence-electron chi connectivity index (χ0n) is 20.4. The van der Waals surface area contributed by atoms with Crippen molar-refractivity contribution in [3.05, 3.63) is 53.3 Å². The number of aliphatic hydroxyl groups is 3. The molecule has 0 saturated carbocycles. The Morgan fingerprint density at radius 2 is 2.03 bits per heavy atom. The Bertz CT molecular complexity index is 1010. The van der Waals surface area contributed by atoms with E-state index in [0.717, 1.165) is 0 Å². The van der Waals surface area contributed by atoms with Crippen molar-refractivity contribution in [3.8, 4) is 0 Å². The molecule has 0 radical (unpaired) electrons. The number of esters is 1. The summed E-state index contributed by atoms with van der Waals surface area (Å²) in [6.45, 7) is 1.04. The average molecular weight is 521 g/mol. The van der Waals surface area contributed by atoms with Gasteiger partial charge in [0.1, 0.15) is 37.8 Å². The van der Waals surface area contributed by atoms with Gasteiger partial charge in [-0.15, -0.1) is 0 Å². The number of hydrogen-bond acceptors (Lipinski definition) is 10. The highest BCUT2D eigenvalue weighted by molar-refractivity contribution is 5.97. The van der Waals surface area contributed by atoms with Crippen LogP contribution in [0.4, 0.5) is 0 Å². The Balaban J connectivity index is 1.69. The van der Waals surface area contributed by atoms with E-state index in [-0.39, 0.29) is 50.7 Å². The SMILES string of the molecule is CC(O)C(NC(=O)C1=CC2OCOC2C(OC(=O)c2cccc(C=COCCO)c2)C1)C(=O)NCCO. The van der Waals surface area contributed by atoms with Crippen LogP contribution >= 0.6 is 0 Å². The number of rotatable bonds is 12. The summed E-state index contributed by atoms with van der Waals surface area (Å²) in [7, 11) is 0. The number of carbonyl (C=O) groups is 3. The molecule has 1 heterocycles. The molecular formula is C25H32N2O10. The lowest BCUT2D eigenvalue weighted by Crippen LogP contribution is -2.54. The lowest BCUT2D eigenvalue weighted by Gasteiger charge is -2.31. The van der Waals surface area contributed by atoms with Gasteiger partial charge in [0.05, 0.1) is 31.1 Å². The Kier molecular flexibility index (Phi) is 10.6. The summed E-state index contributed by atoms with van der Waals surface area (Å²) in [6.07, 6.45) is 1.31. The number of nitrogens with one attached hydrogen (secondary N) is 2. The summed E-state index contributed by atoms with van der Waals surface area (Å²) >= 11 is 0. The first kappa shape index (κ1) is 28.3. The van der Waals surface area contributed by atoms with Crippen LogP contribution in [-0.2, 0) is 28.5 Å². The fourth-order valence-corrected chi connectivity index (χ4v) is 3.87. The maximum Gasteiger partial charge on any atom is 0.338 e. The molecule has 1 aliphatic heterocycles. The van der Waals surface area contributed by atoms with Gasteiger partial charge in [-0.2, -0.15) is 0 Å². The van der Waals surface area contributed by atoms with Gasteiger partial charge in [0.25, 0.3) is 0 Å². The summed E-state index contributed by atoms with van der Waals surface area (Å²) in [4.78, 5) is 38.2. The van der Waals surface area contributed by atoms with Crippen molar-refractivity contribution >= 4 is 23.9 Å². The molecule has 0 aromatic heterocycles. The quantitative estimate of drug-likeness (QED) is 0.134. The van der Waals surface area contributed by atoms with E-state index in [0.29, 0.717) is 5.56 Å². The van der Waals surface area contributed by atoms with E-state index in [4.69, 9.17) is 29.2 Å². The fraction of sp³-hybridized carbons (Fsp3) is 0.480. The highest BCUT2D eigenvalue weighted by atomic mass is 16.7. The smallest absolute Gasteiger partial charge is 0.338 e. The van der Waals surface area contributed by atoms with Crippen LogP contribution in [0.3, 0.4) is 0 Å². The molecule has 1 aromatic rings. The predicted octanol–water partition coefficient (Wildman–Crippen LogP) is -0.763. The first-order valence-corrected chi connectivity index (χ1v) is 11.9. The Morgan fingerprint density at radius 3 is 2.76 bits per heavy atom. The van der Waals surface area contributed by atoms with Crippen LogP contribution in [0, 0.1) is 0 Å². The van der Waals surface area contributed by atoms with Crippen molar-refractivity contribution in [2.75, 3.05) is 33.2 Å². The van der Waals surface area contributed by atoms with Gasteiger partial charge in [-0.05, 0) is 36.8 Å². The van der Waals surface area contributed by atoms with Crippen LogP contribution in [0.15, 0.2) is 42.2 Å². The fourth-order valence-electron chi connectivity index (χ4n) is 3.87. The molecule has 1 fully saturated rings. The molecule has 12 heteroatoms. The number of benzene rings is 1. The van der Waals surface area contributed by atoms with Gasteiger partial charge in [0, 0.05) is 18.5 Å². The van der Waals surface area contributed by atoms with Crippen molar-refractivity contribution in [3.63, 3.8) is 0 Å². The van der Waals surface area contributed by atoms with Crippen molar-refractivity contribution in [2.45, 2.75) is 43.8 Å². The summed E-state index contributed by atoms with van der Waals surface area (Å²) < 4.78 is 21.9. The summed E-state index contributed by atoms with van der Waals surface area (Å²) in [5, 5.41) is 32.6. The standard InChI is InChI=1S/C25H32N2O10/c1-15(30)21(24(32)26-6-7-28)27-23(31)18-12-19-22(36-14-35-19)20(13-18)37-25(33)17-4-2-3-16(11-17)5-9-34-10-8-29/h2-5,9,11-12,15,19-22,28-30H,6-8,10,13-14H2,1H3,(H,26,32)(H,27,31). The molecular weight excluding hydrogens is 488 g/mol. The molecule has 0 spiro atoms. The second kappa shape index (κ2) is 13.9. The van der Waals surface area contributed by atoms with E-state index in [2.05, 4.69) is 10.6 Å². The van der Waals surface area contributed by atoms with Crippen molar-refractivity contribution in [2.24, 2.45) is 0 Å². The second-order valence-electron chi connectivity index (χ2n) is 8.45. The molecule has 0 bridgehead atoms. The molecule has 12 nitrogen and oxygen atoms in total. The van der Waals surface area contributed by atoms with Crippen molar-refractivity contribution in [1.29, 1.82) is 0 Å². The van der Waals surface area contributed by atoms with E-state index in [1.807, 2.05) is 0 Å². The number of carbonyl (C=O) groups excluding carboxylic acids is 3. The molecule has 5 N–H and O–H groups in total. The Morgan fingerprint density at radius 1 is 1.22 bits per heavy atom. The van der Waals surface area contributed by atoms with Crippen LogP contribution in [0.1, 0.15) is 29.3 Å². The minimum Gasteiger partial charge on any atom is -0.499 e. The normalized spacial score (nSPS) is 22.5. The van der Waals surface area contributed by atoms with E-state index in [1.165, 1.54) is 13.2 Å². The largest absolute Gasteiger partial charge is 0.499 e. The molecule has 202 valence electrons. The topological polar surface area (TPSA) is 173 Å². The van der Waals surface area contributed by atoms with Gasteiger partial charge in [-0.1, -0.05) is 12.1 Å². The maximum absolute atomic E-state index is 13.0. The molecule has 2 amide bonds. The molecule has 2 aliphatic rings. The van der Waals surface area contributed by atoms with Gasteiger partial charge in [-0.25, -0.2) is 4.79 Å². The molecule has 5 unspecified atom stereocenters. The number of amides is 2. The van der Waals surface area contributed by atoms with Gasteiger partial charge >= 0.3 is 5.97 Å². The highest BCUT2D eigenvalue weighted by Gasteiger charge is 2.43. The lowest BCUT2D eigenvalue weighted by atomic mass is 9.91.